The van der Waals surface area contributed by atoms with Crippen LogP contribution in [0.1, 0.15) is 48.7 Å². The van der Waals surface area contributed by atoms with Crippen molar-refractivity contribution >= 4 is 17.5 Å². The first-order valence-corrected chi connectivity index (χ1v) is 9.55. The van der Waals surface area contributed by atoms with E-state index < -0.39 is 0 Å². The monoisotopic (exact) mass is 367 g/mol. The Labute approximate surface area is 162 Å². The largest absolute Gasteiger partial charge is 0.493 e. The van der Waals surface area contributed by atoms with Crippen molar-refractivity contribution in [3.63, 3.8) is 0 Å². The molecule has 0 aliphatic rings. The van der Waals surface area contributed by atoms with Crippen LogP contribution in [0.5, 0.6) is 11.5 Å². The zero-order chi connectivity index (χ0) is 19.6. The third-order valence-corrected chi connectivity index (χ3v) is 4.18. The molecule has 0 amide bonds. The topological polar surface area (TPSA) is 47.6 Å². The van der Waals surface area contributed by atoms with Gasteiger partial charge in [0.05, 0.1) is 13.2 Å². The number of allylic oxidation sites excluding steroid dienone is 1. The molecule has 0 bridgehead atoms. The molecule has 27 heavy (non-hydrogen) atoms. The molecule has 4 nitrogen and oxygen atoms in total. The Morgan fingerprint density at radius 1 is 1.00 bits per heavy atom. The lowest BCUT2D eigenvalue weighted by atomic mass is 10.0. The number of nitrogens with one attached hydrogen (secondary N) is 1. The minimum atomic E-state index is -0.0361. The van der Waals surface area contributed by atoms with Crippen LogP contribution in [0.3, 0.4) is 0 Å². The van der Waals surface area contributed by atoms with Crippen LogP contribution in [0.2, 0.25) is 0 Å². The van der Waals surface area contributed by atoms with Gasteiger partial charge < -0.3 is 14.8 Å². The summed E-state index contributed by atoms with van der Waals surface area (Å²) in [5.41, 5.74) is 3.66. The van der Waals surface area contributed by atoms with Crippen molar-refractivity contribution in [1.82, 2.24) is 0 Å². The normalized spacial score (nSPS) is 10.8. The molecule has 0 heterocycles. The fraction of sp³-hybridized carbons (Fsp3) is 0.348. The van der Waals surface area contributed by atoms with E-state index in [1.807, 2.05) is 57.3 Å². The Balaban J connectivity index is 2.32. The van der Waals surface area contributed by atoms with Crippen molar-refractivity contribution in [2.24, 2.45) is 0 Å². The van der Waals surface area contributed by atoms with E-state index in [9.17, 15) is 4.79 Å². The second-order valence-electron chi connectivity index (χ2n) is 6.14. The third-order valence-electron chi connectivity index (χ3n) is 4.18. The lowest BCUT2D eigenvalue weighted by Crippen LogP contribution is -2.01. The van der Waals surface area contributed by atoms with E-state index in [-0.39, 0.29) is 5.78 Å². The molecule has 0 unspecified atom stereocenters. The number of rotatable bonds is 10. The molecule has 0 spiro atoms. The van der Waals surface area contributed by atoms with Gasteiger partial charge in [-0.05, 0) is 68.3 Å². The molecule has 0 saturated heterocycles. The van der Waals surface area contributed by atoms with Crippen molar-refractivity contribution in [2.45, 2.75) is 33.6 Å². The second kappa shape index (κ2) is 10.4. The van der Waals surface area contributed by atoms with Crippen LogP contribution in [-0.4, -0.2) is 26.0 Å². The van der Waals surface area contributed by atoms with Gasteiger partial charge in [0, 0.05) is 29.9 Å². The Bertz CT molecular complexity index is 779. The molecular weight excluding hydrogens is 338 g/mol. The summed E-state index contributed by atoms with van der Waals surface area (Å²) in [7, 11) is 1.85. The predicted molar refractivity (Wildman–Crippen MR) is 112 cm³/mol. The van der Waals surface area contributed by atoms with Gasteiger partial charge in [-0.3, -0.25) is 4.79 Å². The number of hydrogen-bond acceptors (Lipinski definition) is 4. The van der Waals surface area contributed by atoms with Gasteiger partial charge in [-0.25, -0.2) is 0 Å². The summed E-state index contributed by atoms with van der Waals surface area (Å²) in [6.45, 7) is 7.22. The van der Waals surface area contributed by atoms with Gasteiger partial charge >= 0.3 is 0 Å². The van der Waals surface area contributed by atoms with Crippen molar-refractivity contribution in [3.05, 3.63) is 59.2 Å². The first-order chi connectivity index (χ1) is 13.1. The molecule has 4 heteroatoms. The number of benzene rings is 2. The summed E-state index contributed by atoms with van der Waals surface area (Å²) in [6, 6.07) is 11.4. The average Bonchev–Trinajstić information content (AvgIpc) is 2.69. The Kier molecular flexibility index (Phi) is 7.93. The highest BCUT2D eigenvalue weighted by Gasteiger charge is 2.11. The summed E-state index contributed by atoms with van der Waals surface area (Å²) in [4.78, 5) is 12.5. The second-order valence-corrected chi connectivity index (χ2v) is 6.14. The van der Waals surface area contributed by atoms with Crippen LogP contribution < -0.4 is 14.8 Å². The van der Waals surface area contributed by atoms with Crippen LogP contribution >= 0.6 is 0 Å². The Morgan fingerprint density at radius 2 is 1.67 bits per heavy atom. The van der Waals surface area contributed by atoms with E-state index in [1.165, 1.54) is 0 Å². The molecule has 0 aliphatic heterocycles. The zero-order valence-corrected chi connectivity index (χ0v) is 16.7. The van der Waals surface area contributed by atoms with E-state index in [4.69, 9.17) is 9.47 Å². The molecular formula is C23H29NO3. The maximum atomic E-state index is 12.5. The maximum absolute atomic E-state index is 12.5. The molecule has 2 aromatic carbocycles. The summed E-state index contributed by atoms with van der Waals surface area (Å²) < 4.78 is 11.5. The number of ether oxygens (including phenoxy) is 2. The van der Waals surface area contributed by atoms with Gasteiger partial charge in [0.1, 0.15) is 11.5 Å². The molecule has 0 aliphatic carbocycles. The standard InChI is InChI=1S/C23H29NO3/c1-5-8-18-15-19(23(27-7-3)16-22(18)26-6-2)11-14-21(25)17-9-12-20(24-4)13-10-17/h9-16,24H,5-8H2,1-4H3. The zero-order valence-electron chi connectivity index (χ0n) is 16.7. The van der Waals surface area contributed by atoms with E-state index in [0.29, 0.717) is 18.8 Å². The maximum Gasteiger partial charge on any atom is 0.185 e. The minimum absolute atomic E-state index is 0.0361. The fourth-order valence-corrected chi connectivity index (χ4v) is 2.85. The fourth-order valence-electron chi connectivity index (χ4n) is 2.85. The van der Waals surface area contributed by atoms with Crippen molar-refractivity contribution in [3.8, 4) is 11.5 Å². The number of hydrogen-bond donors (Lipinski definition) is 1. The molecule has 0 fully saturated rings. The summed E-state index contributed by atoms with van der Waals surface area (Å²) in [5.74, 6) is 1.55. The molecule has 2 rings (SSSR count). The van der Waals surface area contributed by atoms with Crippen molar-refractivity contribution in [1.29, 1.82) is 0 Å². The lowest BCUT2D eigenvalue weighted by Gasteiger charge is -2.15. The van der Waals surface area contributed by atoms with Crippen LogP contribution in [0.15, 0.2) is 42.5 Å². The summed E-state index contributed by atoms with van der Waals surface area (Å²) >= 11 is 0. The van der Waals surface area contributed by atoms with Gasteiger partial charge in [-0.1, -0.05) is 13.3 Å². The number of ketones is 1. The van der Waals surface area contributed by atoms with Gasteiger partial charge in [0.25, 0.3) is 0 Å². The highest BCUT2D eigenvalue weighted by Crippen LogP contribution is 2.31. The van der Waals surface area contributed by atoms with Crippen LogP contribution in [0.25, 0.3) is 6.08 Å². The Morgan fingerprint density at radius 3 is 2.26 bits per heavy atom. The smallest absolute Gasteiger partial charge is 0.185 e. The summed E-state index contributed by atoms with van der Waals surface area (Å²) in [6.07, 6.45) is 5.37. The summed E-state index contributed by atoms with van der Waals surface area (Å²) in [5, 5.41) is 3.05. The molecule has 2 aromatic rings. The number of aryl methyl sites for hydroxylation is 1. The predicted octanol–water partition coefficient (Wildman–Crippen LogP) is 5.37. The van der Waals surface area contributed by atoms with Crippen molar-refractivity contribution < 1.29 is 14.3 Å². The third kappa shape index (κ3) is 5.61. The first kappa shape index (κ1) is 20.6. The van der Waals surface area contributed by atoms with Crippen LogP contribution in [-0.2, 0) is 6.42 Å². The number of carbonyl (C=O) groups is 1. The lowest BCUT2D eigenvalue weighted by molar-refractivity contribution is 0.104. The van der Waals surface area contributed by atoms with Crippen molar-refractivity contribution in [2.75, 3.05) is 25.6 Å². The molecule has 1 N–H and O–H groups in total. The molecule has 0 radical (unpaired) electrons. The van der Waals surface area contributed by atoms with Gasteiger partial charge in [-0.2, -0.15) is 0 Å². The Hall–Kier alpha value is -2.75. The number of carbonyl (C=O) groups excluding carboxylic acids is 1. The van der Waals surface area contributed by atoms with Gasteiger partial charge in [-0.15, -0.1) is 0 Å². The van der Waals surface area contributed by atoms with Gasteiger partial charge in [0.15, 0.2) is 5.78 Å². The van der Waals surface area contributed by atoms with E-state index in [0.717, 1.165) is 41.2 Å². The van der Waals surface area contributed by atoms with E-state index in [2.05, 4.69) is 18.3 Å². The van der Waals surface area contributed by atoms with Crippen LogP contribution in [0.4, 0.5) is 5.69 Å². The average molecular weight is 367 g/mol. The molecule has 0 aromatic heterocycles. The molecule has 144 valence electrons. The van der Waals surface area contributed by atoms with Gasteiger partial charge in [0.2, 0.25) is 0 Å². The highest BCUT2D eigenvalue weighted by molar-refractivity contribution is 6.07. The molecule has 0 atom stereocenters. The highest BCUT2D eigenvalue weighted by atomic mass is 16.5. The van der Waals surface area contributed by atoms with Crippen LogP contribution in [0, 0.1) is 0 Å². The minimum Gasteiger partial charge on any atom is -0.493 e. The first-order valence-electron chi connectivity index (χ1n) is 9.55. The van der Waals surface area contributed by atoms with E-state index >= 15 is 0 Å². The quantitative estimate of drug-likeness (QED) is 0.453. The SMILES string of the molecule is CCCc1cc(C=CC(=O)c2ccc(NC)cc2)c(OCC)cc1OCC. The van der Waals surface area contributed by atoms with E-state index in [1.54, 1.807) is 6.08 Å². The number of anilines is 1. The molecule has 0 saturated carbocycles.